The third-order valence-corrected chi connectivity index (χ3v) is 4.68. The fourth-order valence-electron chi connectivity index (χ4n) is 3.57. The van der Waals surface area contributed by atoms with Crippen LogP contribution in [0.25, 0.3) is 10.8 Å². The van der Waals surface area contributed by atoms with Crippen LogP contribution in [0, 0.1) is 5.92 Å². The van der Waals surface area contributed by atoms with Gasteiger partial charge in [-0.1, -0.05) is 12.1 Å². The summed E-state index contributed by atoms with van der Waals surface area (Å²) in [7, 11) is 0. The third-order valence-electron chi connectivity index (χ3n) is 4.68. The molecule has 1 atom stereocenters. The number of pyridine rings is 1. The maximum Gasteiger partial charge on any atom is 0.0438 e. The van der Waals surface area contributed by atoms with Crippen LogP contribution in [0.5, 0.6) is 0 Å². The molecule has 3 heteroatoms. The normalized spacial score (nSPS) is 29.6. The number of hydrogen-bond acceptors (Lipinski definition) is 3. The summed E-state index contributed by atoms with van der Waals surface area (Å²) in [5.74, 6) is 0.844. The molecule has 0 amide bonds. The van der Waals surface area contributed by atoms with Crippen LogP contribution < -0.4 is 5.32 Å². The number of aromatic nitrogens is 1. The molecule has 2 aromatic rings. The maximum atomic E-state index is 4.26. The standard InChI is InChI=1S/C16H19N3/c1-2-12-4-7-17-10-14(12)15(3-1)18-16-11-19-8-5-13(16)6-9-19/h1-4,7,10,13,16,18H,5-6,8-9,11H2. The van der Waals surface area contributed by atoms with Crippen molar-refractivity contribution in [1.29, 1.82) is 0 Å². The van der Waals surface area contributed by atoms with Gasteiger partial charge in [-0.15, -0.1) is 0 Å². The number of nitrogens with one attached hydrogen (secondary N) is 1. The van der Waals surface area contributed by atoms with Gasteiger partial charge in [-0.3, -0.25) is 4.98 Å². The molecule has 0 saturated carbocycles. The molecule has 0 aliphatic carbocycles. The molecule has 0 spiro atoms. The van der Waals surface area contributed by atoms with Crippen molar-refractivity contribution < 1.29 is 0 Å². The van der Waals surface area contributed by atoms with E-state index in [1.165, 1.54) is 48.9 Å². The van der Waals surface area contributed by atoms with Crippen molar-refractivity contribution in [3.63, 3.8) is 0 Å². The molecule has 4 heterocycles. The first-order valence-corrected chi connectivity index (χ1v) is 7.22. The van der Waals surface area contributed by atoms with E-state index in [1.54, 1.807) is 0 Å². The minimum absolute atomic E-state index is 0.605. The Kier molecular flexibility index (Phi) is 2.66. The van der Waals surface area contributed by atoms with Gasteiger partial charge in [-0.2, -0.15) is 0 Å². The summed E-state index contributed by atoms with van der Waals surface area (Å²) in [4.78, 5) is 6.85. The fourth-order valence-corrected chi connectivity index (χ4v) is 3.57. The Balaban J connectivity index is 1.65. The van der Waals surface area contributed by atoms with E-state index in [2.05, 4.69) is 39.5 Å². The lowest BCUT2D eigenvalue weighted by atomic mass is 9.84. The Morgan fingerprint density at radius 3 is 2.84 bits per heavy atom. The van der Waals surface area contributed by atoms with Gasteiger partial charge in [0.1, 0.15) is 0 Å². The van der Waals surface area contributed by atoms with Crippen molar-refractivity contribution in [1.82, 2.24) is 9.88 Å². The van der Waals surface area contributed by atoms with Crippen LogP contribution in [-0.4, -0.2) is 35.6 Å². The van der Waals surface area contributed by atoms with Crippen molar-refractivity contribution in [3.05, 3.63) is 36.7 Å². The second kappa shape index (κ2) is 4.49. The summed E-state index contributed by atoms with van der Waals surface area (Å²) >= 11 is 0. The van der Waals surface area contributed by atoms with E-state index in [9.17, 15) is 0 Å². The predicted octanol–water partition coefficient (Wildman–Crippen LogP) is 2.74. The van der Waals surface area contributed by atoms with Crippen molar-refractivity contribution in [2.45, 2.75) is 18.9 Å². The summed E-state index contributed by atoms with van der Waals surface area (Å²) < 4.78 is 0. The van der Waals surface area contributed by atoms with Crippen LogP contribution >= 0.6 is 0 Å². The van der Waals surface area contributed by atoms with Gasteiger partial charge < -0.3 is 10.2 Å². The topological polar surface area (TPSA) is 28.2 Å². The second-order valence-corrected chi connectivity index (χ2v) is 5.79. The van der Waals surface area contributed by atoms with E-state index in [4.69, 9.17) is 0 Å². The summed E-state index contributed by atoms with van der Waals surface area (Å²) in [5.41, 5.74) is 1.24. The number of piperidine rings is 3. The van der Waals surface area contributed by atoms with E-state index < -0.39 is 0 Å². The van der Waals surface area contributed by atoms with Gasteiger partial charge in [-0.05, 0) is 49.4 Å². The first-order valence-electron chi connectivity index (χ1n) is 7.22. The van der Waals surface area contributed by atoms with E-state index in [-0.39, 0.29) is 0 Å². The number of hydrogen-bond donors (Lipinski definition) is 1. The minimum Gasteiger partial charge on any atom is -0.380 e. The molecule has 19 heavy (non-hydrogen) atoms. The Hall–Kier alpha value is -1.61. The van der Waals surface area contributed by atoms with E-state index in [0.717, 1.165) is 5.92 Å². The van der Waals surface area contributed by atoms with Crippen LogP contribution in [0.4, 0.5) is 5.69 Å². The van der Waals surface area contributed by atoms with Crippen LogP contribution in [-0.2, 0) is 0 Å². The van der Waals surface area contributed by atoms with E-state index in [0.29, 0.717) is 6.04 Å². The summed E-state index contributed by atoms with van der Waals surface area (Å²) in [5, 5.41) is 6.28. The SMILES string of the molecule is c1cc(NC2CN3CCC2CC3)c2cnccc2c1. The van der Waals surface area contributed by atoms with Crippen LogP contribution in [0.3, 0.4) is 0 Å². The Morgan fingerprint density at radius 2 is 2.05 bits per heavy atom. The molecular formula is C16H19N3. The van der Waals surface area contributed by atoms with Gasteiger partial charge >= 0.3 is 0 Å². The number of anilines is 1. The zero-order valence-corrected chi connectivity index (χ0v) is 11.0. The summed E-state index contributed by atoms with van der Waals surface area (Å²) in [6.07, 6.45) is 6.53. The molecule has 1 aromatic carbocycles. The highest BCUT2D eigenvalue weighted by Gasteiger charge is 2.33. The first-order chi connectivity index (χ1) is 9.40. The molecule has 1 unspecified atom stereocenters. The second-order valence-electron chi connectivity index (χ2n) is 5.79. The smallest absolute Gasteiger partial charge is 0.0438 e. The zero-order valence-electron chi connectivity index (χ0n) is 11.0. The molecule has 1 N–H and O–H groups in total. The van der Waals surface area contributed by atoms with Gasteiger partial charge in [0.05, 0.1) is 0 Å². The fraction of sp³-hybridized carbons (Fsp3) is 0.438. The Bertz CT molecular complexity index is 582. The summed E-state index contributed by atoms with van der Waals surface area (Å²) in [6.45, 7) is 3.78. The molecule has 98 valence electrons. The number of benzene rings is 1. The molecule has 3 nitrogen and oxygen atoms in total. The highest BCUT2D eigenvalue weighted by atomic mass is 15.2. The lowest BCUT2D eigenvalue weighted by Crippen LogP contribution is -2.53. The van der Waals surface area contributed by atoms with Crippen molar-refractivity contribution in [2.24, 2.45) is 5.92 Å². The molecule has 0 radical (unpaired) electrons. The quantitative estimate of drug-likeness (QED) is 0.892. The third kappa shape index (κ3) is 1.98. The zero-order chi connectivity index (χ0) is 12.7. The number of rotatable bonds is 2. The molecule has 2 bridgehead atoms. The summed E-state index contributed by atoms with van der Waals surface area (Å²) in [6, 6.07) is 9.15. The van der Waals surface area contributed by atoms with Crippen LogP contribution in [0.2, 0.25) is 0 Å². The van der Waals surface area contributed by atoms with Crippen molar-refractivity contribution in [2.75, 3.05) is 25.0 Å². The maximum absolute atomic E-state index is 4.26. The molecule has 3 aliphatic heterocycles. The lowest BCUT2D eigenvalue weighted by Gasteiger charge is -2.45. The molecular weight excluding hydrogens is 234 g/mol. The number of fused-ring (bicyclic) bond motifs is 4. The van der Waals surface area contributed by atoms with Gasteiger partial charge in [0.25, 0.3) is 0 Å². The minimum atomic E-state index is 0.605. The van der Waals surface area contributed by atoms with Gasteiger partial charge in [0.2, 0.25) is 0 Å². The lowest BCUT2D eigenvalue weighted by molar-refractivity contribution is 0.0976. The van der Waals surface area contributed by atoms with E-state index >= 15 is 0 Å². The highest BCUT2D eigenvalue weighted by molar-refractivity contribution is 5.93. The van der Waals surface area contributed by atoms with E-state index in [1.807, 2.05) is 12.4 Å². The predicted molar refractivity (Wildman–Crippen MR) is 78.3 cm³/mol. The molecule has 1 aromatic heterocycles. The van der Waals surface area contributed by atoms with Gasteiger partial charge in [-0.25, -0.2) is 0 Å². The average Bonchev–Trinajstić information content (AvgIpc) is 2.49. The molecule has 3 aliphatic rings. The Morgan fingerprint density at radius 1 is 1.16 bits per heavy atom. The van der Waals surface area contributed by atoms with Crippen molar-refractivity contribution >= 4 is 16.5 Å². The monoisotopic (exact) mass is 253 g/mol. The highest BCUT2D eigenvalue weighted by Crippen LogP contribution is 2.31. The molecule has 3 saturated heterocycles. The van der Waals surface area contributed by atoms with Crippen LogP contribution in [0.1, 0.15) is 12.8 Å². The van der Waals surface area contributed by atoms with Gasteiger partial charge in [0, 0.05) is 36.1 Å². The first kappa shape index (κ1) is 11.2. The average molecular weight is 253 g/mol. The Labute approximate surface area is 113 Å². The van der Waals surface area contributed by atoms with Crippen LogP contribution in [0.15, 0.2) is 36.7 Å². The van der Waals surface area contributed by atoms with Gasteiger partial charge in [0.15, 0.2) is 0 Å². The molecule has 5 rings (SSSR count). The largest absolute Gasteiger partial charge is 0.380 e. The molecule has 3 fully saturated rings. The van der Waals surface area contributed by atoms with Crippen molar-refractivity contribution in [3.8, 4) is 0 Å². The number of nitrogens with zero attached hydrogens (tertiary/aromatic N) is 2.